The molecule has 0 amide bonds. The zero-order valence-electron chi connectivity index (χ0n) is 12.2. The van der Waals surface area contributed by atoms with Crippen LogP contribution in [0.15, 0.2) is 15.5 Å². The fourth-order valence-corrected chi connectivity index (χ4v) is 2.59. The number of hydrogen-bond acceptors (Lipinski definition) is 5. The lowest BCUT2D eigenvalue weighted by Crippen LogP contribution is -2.26. The number of sulfonamides is 1. The van der Waals surface area contributed by atoms with E-state index >= 15 is 0 Å². The van der Waals surface area contributed by atoms with Crippen molar-refractivity contribution >= 4 is 31.6 Å². The molecule has 0 aliphatic carbocycles. The molecule has 7 nitrogen and oxygen atoms in total. The highest BCUT2D eigenvalue weighted by Gasteiger charge is 2.08. The van der Waals surface area contributed by atoms with Gasteiger partial charge in [0, 0.05) is 19.6 Å². The van der Waals surface area contributed by atoms with Crippen LogP contribution >= 0.6 is 15.9 Å². The molecule has 0 aliphatic rings. The molecule has 1 rings (SSSR count). The minimum absolute atomic E-state index is 0.164. The van der Waals surface area contributed by atoms with Gasteiger partial charge in [-0.3, -0.25) is 4.79 Å². The summed E-state index contributed by atoms with van der Waals surface area (Å²) in [6.45, 7) is 3.55. The van der Waals surface area contributed by atoms with Crippen molar-refractivity contribution in [2.45, 2.75) is 32.7 Å². The van der Waals surface area contributed by atoms with Gasteiger partial charge in [-0.25, -0.2) is 17.8 Å². The molecular formula is C12H21BrN4O3S. The zero-order chi connectivity index (χ0) is 15.9. The lowest BCUT2D eigenvalue weighted by atomic mass is 10.3. The third kappa shape index (κ3) is 6.58. The Morgan fingerprint density at radius 2 is 2.05 bits per heavy atom. The summed E-state index contributed by atoms with van der Waals surface area (Å²) in [5, 5.41) is 7.18. The first-order chi connectivity index (χ1) is 9.85. The number of anilines is 1. The first kappa shape index (κ1) is 18.1. The number of halogens is 1. The molecule has 0 saturated heterocycles. The summed E-state index contributed by atoms with van der Waals surface area (Å²) >= 11 is 3.28. The number of unbranched alkanes of at least 4 members (excludes halogenated alkanes) is 1. The summed E-state index contributed by atoms with van der Waals surface area (Å²) in [6, 6.07) is 0. The van der Waals surface area contributed by atoms with Crippen molar-refractivity contribution < 1.29 is 8.42 Å². The predicted octanol–water partition coefficient (Wildman–Crippen LogP) is 1.16. The Hall–Kier alpha value is -0.930. The summed E-state index contributed by atoms with van der Waals surface area (Å²) in [4.78, 5) is 12.0. The van der Waals surface area contributed by atoms with Crippen molar-refractivity contribution in [3.05, 3.63) is 21.0 Å². The average Bonchev–Trinajstić information content (AvgIpc) is 2.41. The molecule has 0 fully saturated rings. The summed E-state index contributed by atoms with van der Waals surface area (Å²) in [6.07, 6.45) is 5.24. The summed E-state index contributed by atoms with van der Waals surface area (Å²) in [5.41, 5.74) is 0.454. The lowest BCUT2D eigenvalue weighted by molar-refractivity contribution is 0.541. The van der Waals surface area contributed by atoms with Crippen LogP contribution in [0, 0.1) is 0 Å². The molecule has 0 unspecified atom stereocenters. The number of nitrogens with zero attached hydrogens (tertiary/aromatic N) is 2. The molecule has 1 aromatic heterocycles. The van der Waals surface area contributed by atoms with Crippen molar-refractivity contribution in [2.24, 2.45) is 0 Å². The fourth-order valence-electron chi connectivity index (χ4n) is 1.62. The summed E-state index contributed by atoms with van der Waals surface area (Å²) in [5.74, 6) is 0. The van der Waals surface area contributed by atoms with Gasteiger partial charge in [-0.1, -0.05) is 13.3 Å². The SMILES string of the molecule is CCCCn1ncc(NCCCNS(C)(=O)=O)c(Br)c1=O. The Kier molecular flexibility index (Phi) is 7.33. The Balaban J connectivity index is 2.53. The maximum atomic E-state index is 12.0. The minimum atomic E-state index is -3.15. The molecule has 9 heteroatoms. The highest BCUT2D eigenvalue weighted by molar-refractivity contribution is 9.10. The monoisotopic (exact) mass is 380 g/mol. The number of aromatic nitrogens is 2. The molecule has 2 N–H and O–H groups in total. The first-order valence-electron chi connectivity index (χ1n) is 6.79. The molecule has 21 heavy (non-hydrogen) atoms. The van der Waals surface area contributed by atoms with Gasteiger partial charge in [0.05, 0.1) is 18.1 Å². The van der Waals surface area contributed by atoms with E-state index in [2.05, 4.69) is 38.0 Å². The Morgan fingerprint density at radius 3 is 2.67 bits per heavy atom. The van der Waals surface area contributed by atoms with Crippen LogP contribution in [0.5, 0.6) is 0 Å². The average molecular weight is 381 g/mol. The van der Waals surface area contributed by atoms with Crippen molar-refractivity contribution in [3.63, 3.8) is 0 Å². The van der Waals surface area contributed by atoms with E-state index in [1.807, 2.05) is 0 Å². The highest BCUT2D eigenvalue weighted by atomic mass is 79.9. The maximum absolute atomic E-state index is 12.0. The third-order valence-electron chi connectivity index (χ3n) is 2.74. The molecule has 0 atom stereocenters. The largest absolute Gasteiger partial charge is 0.383 e. The Bertz CT molecular complexity index is 615. The fraction of sp³-hybridized carbons (Fsp3) is 0.667. The van der Waals surface area contributed by atoms with Gasteiger partial charge >= 0.3 is 0 Å². The molecule has 1 aromatic rings. The maximum Gasteiger partial charge on any atom is 0.283 e. The highest BCUT2D eigenvalue weighted by Crippen LogP contribution is 2.15. The van der Waals surface area contributed by atoms with E-state index in [1.54, 1.807) is 6.20 Å². The molecule has 0 bridgehead atoms. The molecule has 0 radical (unpaired) electrons. The Labute approximate surface area is 133 Å². The summed E-state index contributed by atoms with van der Waals surface area (Å²) < 4.78 is 26.1. The molecule has 0 saturated carbocycles. The molecule has 1 heterocycles. The predicted molar refractivity (Wildman–Crippen MR) is 87.1 cm³/mol. The van der Waals surface area contributed by atoms with Crippen LogP contribution in [-0.2, 0) is 16.6 Å². The van der Waals surface area contributed by atoms with Gasteiger partial charge in [-0.15, -0.1) is 0 Å². The molecule has 0 aliphatic heterocycles. The molecule has 0 spiro atoms. The van der Waals surface area contributed by atoms with Crippen LogP contribution in [0.4, 0.5) is 5.69 Å². The zero-order valence-corrected chi connectivity index (χ0v) is 14.6. The standard InChI is InChI=1S/C12H21BrN4O3S/c1-3-4-8-17-12(18)11(13)10(9-15-17)14-6-5-7-16-21(2,19)20/h9,14,16H,3-8H2,1-2H3. The van der Waals surface area contributed by atoms with Gasteiger partial charge < -0.3 is 5.32 Å². The molecular weight excluding hydrogens is 360 g/mol. The minimum Gasteiger partial charge on any atom is -0.383 e. The lowest BCUT2D eigenvalue weighted by Gasteiger charge is -2.10. The van der Waals surface area contributed by atoms with Gasteiger partial charge in [-0.2, -0.15) is 5.10 Å². The van der Waals surface area contributed by atoms with Crippen LogP contribution < -0.4 is 15.6 Å². The number of hydrogen-bond donors (Lipinski definition) is 2. The quantitative estimate of drug-likeness (QED) is 0.626. The van der Waals surface area contributed by atoms with E-state index in [1.165, 1.54) is 4.68 Å². The van der Waals surface area contributed by atoms with E-state index in [0.717, 1.165) is 19.1 Å². The summed E-state index contributed by atoms with van der Waals surface area (Å²) in [7, 11) is -3.15. The second-order valence-corrected chi connectivity index (χ2v) is 7.33. The number of rotatable bonds is 9. The second kappa shape index (κ2) is 8.50. The number of aryl methyl sites for hydroxylation is 1. The topological polar surface area (TPSA) is 93.1 Å². The van der Waals surface area contributed by atoms with Crippen LogP contribution in [-0.4, -0.2) is 37.5 Å². The molecule has 120 valence electrons. The van der Waals surface area contributed by atoms with E-state index in [4.69, 9.17) is 0 Å². The van der Waals surface area contributed by atoms with Gasteiger partial charge in [0.2, 0.25) is 10.0 Å². The second-order valence-electron chi connectivity index (χ2n) is 4.70. The van der Waals surface area contributed by atoms with Crippen LogP contribution in [0.1, 0.15) is 26.2 Å². The molecule has 0 aromatic carbocycles. The van der Waals surface area contributed by atoms with E-state index in [-0.39, 0.29) is 5.56 Å². The van der Waals surface area contributed by atoms with Crippen LogP contribution in [0.25, 0.3) is 0 Å². The van der Waals surface area contributed by atoms with Gasteiger partial charge in [0.25, 0.3) is 5.56 Å². The van der Waals surface area contributed by atoms with E-state index in [9.17, 15) is 13.2 Å². The van der Waals surface area contributed by atoms with Gasteiger partial charge in [-0.05, 0) is 28.8 Å². The third-order valence-corrected chi connectivity index (χ3v) is 4.24. The van der Waals surface area contributed by atoms with E-state index in [0.29, 0.717) is 36.2 Å². The van der Waals surface area contributed by atoms with Crippen molar-refractivity contribution in [1.82, 2.24) is 14.5 Å². The Morgan fingerprint density at radius 1 is 1.33 bits per heavy atom. The first-order valence-corrected chi connectivity index (χ1v) is 9.47. The van der Waals surface area contributed by atoms with Crippen LogP contribution in [0.2, 0.25) is 0 Å². The number of nitrogens with one attached hydrogen (secondary N) is 2. The van der Waals surface area contributed by atoms with Crippen LogP contribution in [0.3, 0.4) is 0 Å². The van der Waals surface area contributed by atoms with Crippen molar-refractivity contribution in [3.8, 4) is 0 Å². The van der Waals surface area contributed by atoms with Crippen molar-refractivity contribution in [2.75, 3.05) is 24.7 Å². The van der Waals surface area contributed by atoms with Gasteiger partial charge in [0.15, 0.2) is 0 Å². The van der Waals surface area contributed by atoms with Gasteiger partial charge in [0.1, 0.15) is 4.47 Å². The van der Waals surface area contributed by atoms with Crippen molar-refractivity contribution in [1.29, 1.82) is 0 Å². The van der Waals surface area contributed by atoms with E-state index < -0.39 is 10.0 Å². The normalized spacial score (nSPS) is 11.6. The smallest absolute Gasteiger partial charge is 0.283 e.